The first-order valence-electron chi connectivity index (χ1n) is 7.92. The summed E-state index contributed by atoms with van der Waals surface area (Å²) in [5.74, 6) is -0.932. The van der Waals surface area contributed by atoms with Crippen LogP contribution >= 0.6 is 0 Å². The van der Waals surface area contributed by atoms with E-state index >= 15 is 0 Å². The number of hydrogen-bond donors (Lipinski definition) is 1. The highest BCUT2D eigenvalue weighted by molar-refractivity contribution is 7.94. The molecular formula is C16H18N4O5S2. The van der Waals surface area contributed by atoms with Gasteiger partial charge in [-0.2, -0.15) is 0 Å². The van der Waals surface area contributed by atoms with Crippen molar-refractivity contribution in [3.05, 3.63) is 42.2 Å². The van der Waals surface area contributed by atoms with Crippen molar-refractivity contribution in [1.82, 2.24) is 9.97 Å². The van der Waals surface area contributed by atoms with E-state index in [1.165, 1.54) is 37.5 Å². The largest absolute Gasteiger partial charge is 0.273 e. The fraction of sp³-hybridized carbons (Fsp3) is 0.312. The molecule has 144 valence electrons. The number of rotatable bonds is 4. The lowest BCUT2D eigenvalue weighted by Crippen LogP contribution is -2.33. The quantitative estimate of drug-likeness (QED) is 0.804. The van der Waals surface area contributed by atoms with Crippen LogP contribution in [0.15, 0.2) is 41.6 Å². The molecule has 1 saturated heterocycles. The van der Waals surface area contributed by atoms with Crippen molar-refractivity contribution in [3.8, 4) is 0 Å². The molecule has 3 rings (SSSR count). The molecule has 9 nitrogen and oxygen atoms in total. The van der Waals surface area contributed by atoms with Gasteiger partial charge in [-0.3, -0.25) is 4.79 Å². The second-order valence-corrected chi connectivity index (χ2v) is 10.3. The fourth-order valence-corrected chi connectivity index (χ4v) is 6.13. The monoisotopic (exact) mass is 410 g/mol. The minimum absolute atomic E-state index is 0.0676. The number of aromatic nitrogens is 2. The Morgan fingerprint density at radius 3 is 2.33 bits per heavy atom. The van der Waals surface area contributed by atoms with Crippen LogP contribution in [0, 0.1) is 12.3 Å². The van der Waals surface area contributed by atoms with Crippen molar-refractivity contribution < 1.29 is 21.6 Å². The number of aryl methyl sites for hydroxylation is 1. The van der Waals surface area contributed by atoms with Crippen LogP contribution in [0.25, 0.3) is 0 Å². The number of nitrogens with one attached hydrogen (secondary N) is 1. The Morgan fingerprint density at radius 1 is 1.19 bits per heavy atom. The van der Waals surface area contributed by atoms with Crippen LogP contribution in [0.5, 0.6) is 0 Å². The first-order chi connectivity index (χ1) is 12.4. The van der Waals surface area contributed by atoms with Gasteiger partial charge in [0.2, 0.25) is 21.9 Å². The molecule has 0 radical (unpaired) electrons. The molecule has 0 saturated carbocycles. The van der Waals surface area contributed by atoms with Gasteiger partial charge in [-0.1, -0.05) is 0 Å². The molecule has 0 unspecified atom stereocenters. The third-order valence-corrected chi connectivity index (χ3v) is 7.57. The first-order valence-corrected chi connectivity index (χ1v) is 11.0. The van der Waals surface area contributed by atoms with Gasteiger partial charge in [-0.15, -0.1) is 0 Å². The predicted octanol–water partition coefficient (Wildman–Crippen LogP) is 1.29. The summed E-state index contributed by atoms with van der Waals surface area (Å²) in [6.45, 7) is 4.63. The molecule has 1 fully saturated rings. The minimum atomic E-state index is -3.98. The van der Waals surface area contributed by atoms with Gasteiger partial charge in [0.05, 0.1) is 21.8 Å². The number of anilines is 2. The number of nitrogens with zero attached hydrogens (tertiary/aromatic N) is 3. The molecule has 11 heteroatoms. The third kappa shape index (κ3) is 3.52. The Bertz CT molecular complexity index is 1110. The van der Waals surface area contributed by atoms with Gasteiger partial charge < -0.3 is 0 Å². The third-order valence-electron chi connectivity index (χ3n) is 4.06. The molecule has 27 heavy (non-hydrogen) atoms. The molecule has 0 spiro atoms. The lowest BCUT2D eigenvalue weighted by atomic mass is 9.95. The summed E-state index contributed by atoms with van der Waals surface area (Å²) < 4.78 is 52.9. The first kappa shape index (κ1) is 19.2. The van der Waals surface area contributed by atoms with E-state index in [1.807, 2.05) is 0 Å². The standard InChI is InChI=1S/C16H18N4O5S2/c1-11-9-12(20-14(21)16(2,3)10-26(20,22)23)5-6-13(11)27(24,25)19-15-17-7-4-8-18-15/h4-9H,10H2,1-3H3,(H,17,18,19). The van der Waals surface area contributed by atoms with E-state index in [1.54, 1.807) is 19.9 Å². The Hall–Kier alpha value is -2.53. The lowest BCUT2D eigenvalue weighted by Gasteiger charge is -2.19. The van der Waals surface area contributed by atoms with Crippen molar-refractivity contribution in [2.24, 2.45) is 5.41 Å². The number of amides is 1. The highest BCUT2D eigenvalue weighted by Crippen LogP contribution is 2.36. The molecule has 1 N–H and O–H groups in total. The molecule has 1 aliphatic rings. The van der Waals surface area contributed by atoms with E-state index in [0.717, 1.165) is 4.31 Å². The van der Waals surface area contributed by atoms with Crippen LogP contribution in [-0.4, -0.2) is 38.5 Å². The summed E-state index contributed by atoms with van der Waals surface area (Å²) in [7, 11) is -7.79. The number of hydrogen-bond acceptors (Lipinski definition) is 7. The van der Waals surface area contributed by atoms with Crippen LogP contribution < -0.4 is 9.03 Å². The van der Waals surface area contributed by atoms with Crippen molar-refractivity contribution in [2.45, 2.75) is 25.7 Å². The molecule has 1 aliphatic heterocycles. The van der Waals surface area contributed by atoms with Gasteiger partial charge in [-0.05, 0) is 50.6 Å². The topological polar surface area (TPSA) is 126 Å². The van der Waals surface area contributed by atoms with Gasteiger partial charge in [0.15, 0.2) is 0 Å². The zero-order chi connectivity index (χ0) is 20.0. The average Bonchev–Trinajstić information content (AvgIpc) is 2.70. The van der Waals surface area contributed by atoms with E-state index < -0.39 is 31.4 Å². The maximum absolute atomic E-state index is 12.6. The maximum atomic E-state index is 12.6. The van der Waals surface area contributed by atoms with E-state index in [0.29, 0.717) is 0 Å². The Kier molecular flexibility index (Phi) is 4.47. The van der Waals surface area contributed by atoms with Gasteiger partial charge in [-0.25, -0.2) is 35.8 Å². The van der Waals surface area contributed by atoms with Crippen LogP contribution in [0.4, 0.5) is 11.6 Å². The number of carbonyl (C=O) groups excluding carboxylic acids is 1. The molecular weight excluding hydrogens is 392 g/mol. The number of carbonyl (C=O) groups is 1. The summed E-state index contributed by atoms with van der Waals surface area (Å²) in [6.07, 6.45) is 2.79. The minimum Gasteiger partial charge on any atom is -0.273 e. The van der Waals surface area contributed by atoms with Crippen LogP contribution in [-0.2, 0) is 24.8 Å². The van der Waals surface area contributed by atoms with Gasteiger partial charge in [0, 0.05) is 12.4 Å². The molecule has 1 aromatic heterocycles. The molecule has 2 aromatic rings. The smallest absolute Gasteiger partial charge is 0.264 e. The highest BCUT2D eigenvalue weighted by Gasteiger charge is 2.50. The van der Waals surface area contributed by atoms with Crippen molar-refractivity contribution >= 4 is 37.6 Å². The van der Waals surface area contributed by atoms with Crippen molar-refractivity contribution in [1.29, 1.82) is 0 Å². The zero-order valence-electron chi connectivity index (χ0n) is 14.9. The Balaban J connectivity index is 1.98. The van der Waals surface area contributed by atoms with E-state index in [2.05, 4.69) is 14.7 Å². The summed E-state index contributed by atoms with van der Waals surface area (Å²) in [5.41, 5.74) is -0.648. The molecule has 1 aromatic carbocycles. The van der Waals surface area contributed by atoms with Gasteiger partial charge in [0.1, 0.15) is 0 Å². The Labute approximate surface area is 157 Å². The van der Waals surface area contributed by atoms with Crippen LogP contribution in [0.2, 0.25) is 0 Å². The number of benzene rings is 1. The van der Waals surface area contributed by atoms with E-state index in [9.17, 15) is 21.6 Å². The molecule has 0 atom stereocenters. The SMILES string of the molecule is Cc1cc(N2C(=O)C(C)(C)CS2(=O)=O)ccc1S(=O)(=O)Nc1ncccn1. The zero-order valence-corrected chi connectivity index (χ0v) is 16.5. The second-order valence-electron chi connectivity index (χ2n) is 6.84. The molecule has 2 heterocycles. The average molecular weight is 410 g/mol. The van der Waals surface area contributed by atoms with Gasteiger partial charge in [0.25, 0.3) is 10.0 Å². The second kappa shape index (κ2) is 6.27. The molecule has 0 aliphatic carbocycles. The summed E-state index contributed by atoms with van der Waals surface area (Å²) in [6, 6.07) is 5.46. The van der Waals surface area contributed by atoms with Crippen LogP contribution in [0.3, 0.4) is 0 Å². The maximum Gasteiger partial charge on any atom is 0.264 e. The number of sulfonamides is 2. The molecule has 1 amide bonds. The van der Waals surface area contributed by atoms with Crippen molar-refractivity contribution in [2.75, 3.05) is 14.8 Å². The van der Waals surface area contributed by atoms with Crippen molar-refractivity contribution in [3.63, 3.8) is 0 Å². The Morgan fingerprint density at radius 2 is 1.81 bits per heavy atom. The highest BCUT2D eigenvalue weighted by atomic mass is 32.2. The molecule has 0 bridgehead atoms. The fourth-order valence-electron chi connectivity index (χ4n) is 2.85. The summed E-state index contributed by atoms with van der Waals surface area (Å²) in [4.78, 5) is 20.0. The lowest BCUT2D eigenvalue weighted by molar-refractivity contribution is -0.123. The normalized spacial score (nSPS) is 18.5. The summed E-state index contributed by atoms with van der Waals surface area (Å²) >= 11 is 0. The summed E-state index contributed by atoms with van der Waals surface area (Å²) in [5, 5.41) is 0. The predicted molar refractivity (Wildman–Crippen MR) is 99.1 cm³/mol. The van der Waals surface area contributed by atoms with Gasteiger partial charge >= 0.3 is 0 Å². The van der Waals surface area contributed by atoms with Crippen LogP contribution in [0.1, 0.15) is 19.4 Å². The van der Waals surface area contributed by atoms with E-state index in [-0.39, 0.29) is 27.8 Å². The van der Waals surface area contributed by atoms with E-state index in [4.69, 9.17) is 0 Å².